The van der Waals surface area contributed by atoms with E-state index in [-0.39, 0.29) is 36.1 Å². The van der Waals surface area contributed by atoms with Gasteiger partial charge in [0.15, 0.2) is 11.6 Å². The summed E-state index contributed by atoms with van der Waals surface area (Å²) in [5.74, 6) is 1.02. The normalized spacial score (nSPS) is 16.5. The fourth-order valence-electron chi connectivity index (χ4n) is 5.73. The number of likely N-dealkylation sites (tertiary alicyclic amines) is 1. The highest BCUT2D eigenvalue weighted by Gasteiger charge is 2.25. The van der Waals surface area contributed by atoms with Crippen molar-refractivity contribution in [3.63, 3.8) is 0 Å². The summed E-state index contributed by atoms with van der Waals surface area (Å²) in [5, 5.41) is 12.2. The summed E-state index contributed by atoms with van der Waals surface area (Å²) in [5.41, 5.74) is 2.26. The Balaban J connectivity index is 1.47. The summed E-state index contributed by atoms with van der Waals surface area (Å²) in [7, 11) is 0. The molecule has 2 N–H and O–H groups in total. The van der Waals surface area contributed by atoms with Crippen LogP contribution in [-0.4, -0.2) is 69.9 Å². The number of hydrogen-bond donors (Lipinski definition) is 2. The SMILES string of the molecule is C=N/C=C(/F)C(=NCNc1ccc(C(C)C2CCN(CCCO)CC2)cn1)c1cc(F)c2nc(C)n(C(C)C)c2c1. The average Bonchev–Trinajstić information content (AvgIpc) is 3.31. The number of aliphatic hydroxyl groups excluding tert-OH is 1. The second-order valence-corrected chi connectivity index (χ2v) is 11.0. The van der Waals surface area contributed by atoms with Gasteiger partial charge in [0, 0.05) is 31.0 Å². The maximum absolute atomic E-state index is 15.1. The first kappa shape index (κ1) is 30.5. The number of halogens is 2. The zero-order valence-electron chi connectivity index (χ0n) is 24.4. The maximum atomic E-state index is 15.1. The molecule has 0 bridgehead atoms. The van der Waals surface area contributed by atoms with Gasteiger partial charge < -0.3 is 19.9 Å². The number of nitrogens with zero attached hydrogens (tertiary/aromatic N) is 6. The van der Waals surface area contributed by atoms with Crippen LogP contribution >= 0.6 is 0 Å². The van der Waals surface area contributed by atoms with Crippen LogP contribution in [0.1, 0.15) is 68.9 Å². The standard InChI is InChI=1S/C31H41F2N7O/c1-20(2)40-22(4)38-31-26(32)15-25(16-28(31)40)30(27(33)18-34-5)37-19-36-29-8-7-24(17-35-29)21(3)23-9-12-39(13-10-23)11-6-14-41/h7-8,15-18,20-21,23,41H,5-6,9-14,19H2,1-4H3,(H,35,36)/b27-18+,37-30?. The third-order valence-corrected chi connectivity index (χ3v) is 7.93. The Morgan fingerprint density at radius 2 is 2.00 bits per heavy atom. The predicted molar refractivity (Wildman–Crippen MR) is 162 cm³/mol. The van der Waals surface area contributed by atoms with Crippen LogP contribution < -0.4 is 5.32 Å². The molecule has 3 aromatic rings. The Kier molecular flexibility index (Phi) is 10.3. The number of rotatable bonds is 12. The van der Waals surface area contributed by atoms with Gasteiger partial charge in [-0.15, -0.1) is 0 Å². The fraction of sp³-hybridized carbons (Fsp3) is 0.484. The molecule has 1 atom stereocenters. The zero-order valence-corrected chi connectivity index (χ0v) is 24.4. The molecular formula is C31H41F2N7O. The summed E-state index contributed by atoms with van der Waals surface area (Å²) < 4.78 is 32.0. The van der Waals surface area contributed by atoms with Gasteiger partial charge in [-0.2, -0.15) is 0 Å². The number of piperidine rings is 1. The second kappa shape index (κ2) is 13.9. The van der Waals surface area contributed by atoms with Gasteiger partial charge in [0.1, 0.15) is 29.5 Å². The smallest absolute Gasteiger partial charge is 0.167 e. The summed E-state index contributed by atoms with van der Waals surface area (Å²) >= 11 is 0. The van der Waals surface area contributed by atoms with Crippen molar-refractivity contribution >= 4 is 29.3 Å². The monoisotopic (exact) mass is 565 g/mol. The van der Waals surface area contributed by atoms with Gasteiger partial charge in [0.25, 0.3) is 0 Å². The number of aliphatic imine (C=N–C) groups is 2. The first-order chi connectivity index (χ1) is 19.7. The third-order valence-electron chi connectivity index (χ3n) is 7.93. The summed E-state index contributed by atoms with van der Waals surface area (Å²) in [6, 6.07) is 6.99. The molecular weight excluding hydrogens is 524 g/mol. The van der Waals surface area contributed by atoms with Crippen LogP contribution in [0.25, 0.3) is 11.0 Å². The molecule has 1 aliphatic heterocycles. The number of aromatic nitrogens is 3. The predicted octanol–water partition coefficient (Wildman–Crippen LogP) is 6.03. The summed E-state index contributed by atoms with van der Waals surface area (Å²) in [6.07, 6.45) is 5.95. The van der Waals surface area contributed by atoms with E-state index < -0.39 is 11.6 Å². The lowest BCUT2D eigenvalue weighted by atomic mass is 9.82. The molecule has 220 valence electrons. The molecule has 1 unspecified atom stereocenters. The molecule has 8 nitrogen and oxygen atoms in total. The third kappa shape index (κ3) is 7.23. The van der Waals surface area contributed by atoms with E-state index in [0.29, 0.717) is 29.0 Å². The molecule has 0 amide bonds. The lowest BCUT2D eigenvalue weighted by molar-refractivity contribution is 0.157. The number of aryl methyl sites for hydroxylation is 1. The van der Waals surface area contributed by atoms with Gasteiger partial charge in [-0.25, -0.2) is 18.7 Å². The summed E-state index contributed by atoms with van der Waals surface area (Å²) in [4.78, 5) is 19.3. The first-order valence-electron chi connectivity index (χ1n) is 14.3. The van der Waals surface area contributed by atoms with Crippen molar-refractivity contribution in [2.75, 3.05) is 38.2 Å². The minimum Gasteiger partial charge on any atom is -0.396 e. The van der Waals surface area contributed by atoms with Crippen LogP contribution in [0.5, 0.6) is 0 Å². The van der Waals surface area contributed by atoms with E-state index in [9.17, 15) is 0 Å². The van der Waals surface area contributed by atoms with Crippen molar-refractivity contribution in [2.45, 2.75) is 58.9 Å². The van der Waals surface area contributed by atoms with Crippen LogP contribution in [0, 0.1) is 18.7 Å². The van der Waals surface area contributed by atoms with Crippen LogP contribution in [-0.2, 0) is 0 Å². The largest absolute Gasteiger partial charge is 0.396 e. The van der Waals surface area contributed by atoms with Gasteiger partial charge >= 0.3 is 0 Å². The Morgan fingerprint density at radius 1 is 1.24 bits per heavy atom. The quantitative estimate of drug-likeness (QED) is 0.262. The van der Waals surface area contributed by atoms with E-state index >= 15 is 8.78 Å². The molecule has 1 aromatic carbocycles. The van der Waals surface area contributed by atoms with E-state index in [4.69, 9.17) is 5.11 Å². The highest BCUT2D eigenvalue weighted by atomic mass is 19.1. The van der Waals surface area contributed by atoms with Gasteiger partial charge in [-0.1, -0.05) is 13.0 Å². The van der Waals surface area contributed by atoms with Gasteiger partial charge in [0.2, 0.25) is 0 Å². The molecule has 3 heterocycles. The molecule has 41 heavy (non-hydrogen) atoms. The Hall–Kier alpha value is -3.50. The molecule has 10 heteroatoms. The van der Waals surface area contributed by atoms with E-state index in [0.717, 1.165) is 45.1 Å². The van der Waals surface area contributed by atoms with E-state index in [1.807, 2.05) is 37.6 Å². The van der Waals surface area contributed by atoms with Crippen LogP contribution in [0.15, 0.2) is 52.5 Å². The van der Waals surface area contributed by atoms with Crippen molar-refractivity contribution in [1.29, 1.82) is 0 Å². The maximum Gasteiger partial charge on any atom is 0.167 e. The Morgan fingerprint density at radius 3 is 2.63 bits per heavy atom. The van der Waals surface area contributed by atoms with E-state index in [1.54, 1.807) is 6.07 Å². The second-order valence-electron chi connectivity index (χ2n) is 11.0. The number of hydrogen-bond acceptors (Lipinski definition) is 7. The molecule has 0 saturated carbocycles. The number of anilines is 1. The van der Waals surface area contributed by atoms with Gasteiger partial charge in [-0.3, -0.25) is 9.98 Å². The lowest BCUT2D eigenvalue weighted by Gasteiger charge is -2.35. The molecule has 4 rings (SSSR count). The number of fused-ring (bicyclic) bond motifs is 1. The number of benzene rings is 1. The Bertz CT molecular complexity index is 1390. The molecule has 0 spiro atoms. The minimum absolute atomic E-state index is 0.0318. The topological polar surface area (TPSA) is 90.9 Å². The minimum atomic E-state index is -0.715. The fourth-order valence-corrected chi connectivity index (χ4v) is 5.73. The molecule has 1 saturated heterocycles. The lowest BCUT2D eigenvalue weighted by Crippen LogP contribution is -2.36. The van der Waals surface area contributed by atoms with Crippen molar-refractivity contribution < 1.29 is 13.9 Å². The number of nitrogens with one attached hydrogen (secondary N) is 1. The molecule has 1 aliphatic rings. The van der Waals surface area contributed by atoms with Crippen molar-refractivity contribution in [1.82, 2.24) is 19.4 Å². The average molecular weight is 566 g/mol. The summed E-state index contributed by atoms with van der Waals surface area (Å²) in [6.45, 7) is 14.7. The zero-order chi connectivity index (χ0) is 29.5. The van der Waals surface area contributed by atoms with Crippen LogP contribution in [0.3, 0.4) is 0 Å². The van der Waals surface area contributed by atoms with E-state index in [2.05, 4.69) is 49.9 Å². The number of allylic oxidation sites excluding steroid dienone is 1. The number of aliphatic hydroxyl groups is 1. The van der Waals surface area contributed by atoms with Crippen molar-refractivity contribution in [2.24, 2.45) is 15.9 Å². The number of imidazole rings is 1. The number of pyridine rings is 1. The Labute approximate surface area is 240 Å². The van der Waals surface area contributed by atoms with Gasteiger partial charge in [0.05, 0.1) is 11.7 Å². The molecule has 0 aliphatic carbocycles. The van der Waals surface area contributed by atoms with Gasteiger partial charge in [-0.05, 0) is 95.4 Å². The first-order valence-corrected chi connectivity index (χ1v) is 14.3. The molecule has 0 radical (unpaired) electrons. The highest BCUT2D eigenvalue weighted by Crippen LogP contribution is 2.32. The van der Waals surface area contributed by atoms with E-state index in [1.165, 1.54) is 11.6 Å². The van der Waals surface area contributed by atoms with Crippen molar-refractivity contribution in [3.8, 4) is 0 Å². The highest BCUT2D eigenvalue weighted by molar-refractivity contribution is 6.12. The van der Waals surface area contributed by atoms with Crippen LogP contribution in [0.4, 0.5) is 14.6 Å². The molecule has 2 aromatic heterocycles. The molecule has 1 fully saturated rings. The van der Waals surface area contributed by atoms with Crippen LogP contribution in [0.2, 0.25) is 0 Å². The van der Waals surface area contributed by atoms with Crippen molar-refractivity contribution in [3.05, 3.63) is 65.3 Å².